The molecule has 0 aromatic carbocycles. The summed E-state index contributed by atoms with van der Waals surface area (Å²) in [7, 11) is 0. The number of ether oxygens (including phenoxy) is 1. The van der Waals surface area contributed by atoms with Crippen LogP contribution in [0, 0.1) is 0 Å². The van der Waals surface area contributed by atoms with Crippen molar-refractivity contribution in [2.24, 2.45) is 5.16 Å². The van der Waals surface area contributed by atoms with Crippen LogP contribution in [0.25, 0.3) is 11.0 Å². The lowest BCUT2D eigenvalue weighted by atomic mass is 10.1. The monoisotopic (exact) mass is 314 g/mol. The SMILES string of the molecule is ON=Cc1c(Cl)n(C2CCOCC2)c2nc(Cl)ncc12. The fourth-order valence-electron chi connectivity index (χ4n) is 2.52. The lowest BCUT2D eigenvalue weighted by Gasteiger charge is -2.24. The molecule has 1 aliphatic heterocycles. The number of hydrogen-bond donors (Lipinski definition) is 1. The van der Waals surface area contributed by atoms with Crippen molar-refractivity contribution < 1.29 is 9.94 Å². The summed E-state index contributed by atoms with van der Waals surface area (Å²) < 4.78 is 7.29. The highest BCUT2D eigenvalue weighted by molar-refractivity contribution is 6.34. The minimum atomic E-state index is 0.160. The first-order valence-corrected chi connectivity index (χ1v) is 6.95. The van der Waals surface area contributed by atoms with Crippen molar-refractivity contribution in [2.45, 2.75) is 18.9 Å². The van der Waals surface area contributed by atoms with E-state index in [-0.39, 0.29) is 11.3 Å². The third-order valence-electron chi connectivity index (χ3n) is 3.43. The normalized spacial score (nSPS) is 17.3. The van der Waals surface area contributed by atoms with E-state index >= 15 is 0 Å². The minimum absolute atomic E-state index is 0.160. The van der Waals surface area contributed by atoms with Gasteiger partial charge in [0.05, 0.1) is 6.21 Å². The fraction of sp³-hybridized carbons (Fsp3) is 0.417. The first kappa shape index (κ1) is 13.6. The van der Waals surface area contributed by atoms with Gasteiger partial charge in [-0.25, -0.2) is 4.98 Å². The van der Waals surface area contributed by atoms with Gasteiger partial charge >= 0.3 is 0 Å². The molecule has 3 rings (SSSR count). The van der Waals surface area contributed by atoms with Crippen LogP contribution < -0.4 is 0 Å². The summed E-state index contributed by atoms with van der Waals surface area (Å²) in [5, 5.41) is 13.2. The largest absolute Gasteiger partial charge is 0.411 e. The second-order valence-corrected chi connectivity index (χ2v) is 5.23. The molecule has 0 atom stereocenters. The first-order valence-electron chi connectivity index (χ1n) is 6.19. The summed E-state index contributed by atoms with van der Waals surface area (Å²) in [6, 6.07) is 0.186. The van der Waals surface area contributed by atoms with E-state index in [1.54, 1.807) is 6.20 Å². The van der Waals surface area contributed by atoms with Crippen LogP contribution >= 0.6 is 23.2 Å². The Balaban J connectivity index is 2.23. The molecule has 0 radical (unpaired) electrons. The smallest absolute Gasteiger partial charge is 0.224 e. The van der Waals surface area contributed by atoms with Gasteiger partial charge in [-0.1, -0.05) is 16.8 Å². The van der Waals surface area contributed by atoms with Crippen LogP contribution in [0.4, 0.5) is 0 Å². The molecule has 3 heterocycles. The molecule has 6 nitrogen and oxygen atoms in total. The second kappa shape index (κ2) is 5.55. The van der Waals surface area contributed by atoms with E-state index in [1.165, 1.54) is 6.21 Å². The molecular formula is C12H12Cl2N4O2. The number of fused-ring (bicyclic) bond motifs is 1. The van der Waals surface area contributed by atoms with Crippen LogP contribution in [0.2, 0.25) is 10.4 Å². The zero-order chi connectivity index (χ0) is 14.1. The van der Waals surface area contributed by atoms with E-state index in [2.05, 4.69) is 15.1 Å². The first-order chi connectivity index (χ1) is 9.72. The molecule has 0 unspecified atom stereocenters. The van der Waals surface area contributed by atoms with Crippen LogP contribution in [0.15, 0.2) is 11.4 Å². The Kier molecular flexibility index (Phi) is 3.78. The van der Waals surface area contributed by atoms with Crippen molar-refractivity contribution >= 4 is 40.4 Å². The molecule has 0 saturated carbocycles. The predicted molar refractivity (Wildman–Crippen MR) is 76.0 cm³/mol. The number of nitrogens with zero attached hydrogens (tertiary/aromatic N) is 4. The van der Waals surface area contributed by atoms with Crippen LogP contribution in [-0.4, -0.2) is 39.2 Å². The Hall–Kier alpha value is -1.37. The molecule has 2 aromatic rings. The summed E-state index contributed by atoms with van der Waals surface area (Å²) in [5.74, 6) is 0. The molecule has 1 fully saturated rings. The van der Waals surface area contributed by atoms with Crippen LogP contribution in [0.3, 0.4) is 0 Å². The Morgan fingerprint density at radius 1 is 1.40 bits per heavy atom. The molecule has 2 aromatic heterocycles. The van der Waals surface area contributed by atoms with E-state index < -0.39 is 0 Å². The fourth-order valence-corrected chi connectivity index (χ4v) is 3.01. The minimum Gasteiger partial charge on any atom is -0.411 e. The zero-order valence-corrected chi connectivity index (χ0v) is 12.0. The zero-order valence-electron chi connectivity index (χ0n) is 10.5. The molecule has 106 valence electrons. The summed E-state index contributed by atoms with van der Waals surface area (Å²) >= 11 is 12.3. The topological polar surface area (TPSA) is 72.5 Å². The number of oxime groups is 1. The standard InChI is InChI=1S/C12H12Cl2N4O2/c13-10-8(6-16-19)9-5-15-12(14)17-11(9)18(10)7-1-3-20-4-2-7/h5-7,19H,1-4H2. The molecule has 1 aliphatic rings. The van der Waals surface area contributed by atoms with E-state index in [1.807, 2.05) is 4.57 Å². The van der Waals surface area contributed by atoms with Crippen LogP contribution in [0.1, 0.15) is 24.4 Å². The Morgan fingerprint density at radius 3 is 2.85 bits per heavy atom. The quantitative estimate of drug-likeness (QED) is 0.400. The number of rotatable bonds is 2. The van der Waals surface area contributed by atoms with E-state index in [9.17, 15) is 0 Å². The Labute approximate surface area is 125 Å². The van der Waals surface area contributed by atoms with Gasteiger partial charge < -0.3 is 14.5 Å². The highest BCUT2D eigenvalue weighted by atomic mass is 35.5. The average Bonchev–Trinajstić information content (AvgIpc) is 2.72. The molecule has 0 spiro atoms. The summed E-state index contributed by atoms with van der Waals surface area (Å²) in [4.78, 5) is 8.23. The van der Waals surface area contributed by atoms with Gasteiger partial charge in [-0.2, -0.15) is 4.98 Å². The summed E-state index contributed by atoms with van der Waals surface area (Å²) in [5.41, 5.74) is 1.24. The van der Waals surface area contributed by atoms with Crippen molar-refractivity contribution in [3.63, 3.8) is 0 Å². The third-order valence-corrected chi connectivity index (χ3v) is 4.00. The molecule has 1 N–H and O–H groups in total. The van der Waals surface area contributed by atoms with Gasteiger partial charge in [0.15, 0.2) is 0 Å². The molecule has 20 heavy (non-hydrogen) atoms. The lowest BCUT2D eigenvalue weighted by molar-refractivity contribution is 0.0706. The maximum absolute atomic E-state index is 8.79. The molecular weight excluding hydrogens is 303 g/mol. The Morgan fingerprint density at radius 2 is 2.15 bits per heavy atom. The highest BCUT2D eigenvalue weighted by Gasteiger charge is 2.24. The van der Waals surface area contributed by atoms with E-state index in [0.717, 1.165) is 12.8 Å². The van der Waals surface area contributed by atoms with Gasteiger partial charge in [0, 0.05) is 36.4 Å². The highest BCUT2D eigenvalue weighted by Crippen LogP contribution is 2.34. The number of hydrogen-bond acceptors (Lipinski definition) is 5. The van der Waals surface area contributed by atoms with Gasteiger partial charge in [-0.3, -0.25) is 0 Å². The van der Waals surface area contributed by atoms with Crippen LogP contribution in [-0.2, 0) is 4.74 Å². The van der Waals surface area contributed by atoms with Crippen molar-refractivity contribution in [1.29, 1.82) is 0 Å². The average molecular weight is 315 g/mol. The Bertz CT molecular complexity index is 665. The van der Waals surface area contributed by atoms with E-state index in [0.29, 0.717) is 35.0 Å². The molecule has 8 heteroatoms. The van der Waals surface area contributed by atoms with Crippen molar-refractivity contribution in [1.82, 2.24) is 14.5 Å². The van der Waals surface area contributed by atoms with E-state index in [4.69, 9.17) is 33.1 Å². The molecule has 0 aliphatic carbocycles. The third kappa shape index (κ3) is 2.24. The van der Waals surface area contributed by atoms with Crippen molar-refractivity contribution in [2.75, 3.05) is 13.2 Å². The molecule has 0 amide bonds. The van der Waals surface area contributed by atoms with Gasteiger partial charge in [-0.15, -0.1) is 0 Å². The number of aromatic nitrogens is 3. The van der Waals surface area contributed by atoms with Gasteiger partial charge in [-0.05, 0) is 24.4 Å². The maximum atomic E-state index is 8.79. The van der Waals surface area contributed by atoms with Gasteiger partial charge in [0.25, 0.3) is 0 Å². The second-order valence-electron chi connectivity index (χ2n) is 4.54. The van der Waals surface area contributed by atoms with Crippen molar-refractivity contribution in [3.05, 3.63) is 22.2 Å². The van der Waals surface area contributed by atoms with Gasteiger partial charge in [0.1, 0.15) is 10.8 Å². The summed E-state index contributed by atoms with van der Waals surface area (Å²) in [6.07, 6.45) is 4.57. The predicted octanol–water partition coefficient (Wildman–Crippen LogP) is 2.90. The molecule has 1 saturated heterocycles. The lowest BCUT2D eigenvalue weighted by Crippen LogP contribution is -2.20. The van der Waals surface area contributed by atoms with Gasteiger partial charge in [0.2, 0.25) is 5.28 Å². The van der Waals surface area contributed by atoms with Crippen molar-refractivity contribution in [3.8, 4) is 0 Å². The van der Waals surface area contributed by atoms with Crippen LogP contribution in [0.5, 0.6) is 0 Å². The maximum Gasteiger partial charge on any atom is 0.224 e. The number of halogens is 2. The molecule has 0 bridgehead atoms. The summed E-state index contributed by atoms with van der Waals surface area (Å²) in [6.45, 7) is 1.37.